The third-order valence-electron chi connectivity index (χ3n) is 4.86. The van der Waals surface area contributed by atoms with Crippen LogP contribution in [0, 0.1) is 0 Å². The van der Waals surface area contributed by atoms with Gasteiger partial charge in [0.15, 0.2) is 0 Å². The molecule has 0 saturated carbocycles. The lowest BCUT2D eigenvalue weighted by Gasteiger charge is -2.33. The largest absolute Gasteiger partial charge is 0.487 e. The first-order valence-corrected chi connectivity index (χ1v) is 9.64. The second-order valence-corrected chi connectivity index (χ2v) is 7.25. The molecule has 2 aromatic heterocycles. The lowest BCUT2D eigenvalue weighted by Crippen LogP contribution is -2.44. The second-order valence-electron chi connectivity index (χ2n) is 6.84. The molecule has 3 aromatic rings. The maximum absolute atomic E-state index is 13.1. The number of likely N-dealkylation sites (tertiary alicyclic amines) is 1. The number of hydrogen-bond acceptors (Lipinski definition) is 4. The highest BCUT2D eigenvalue weighted by Crippen LogP contribution is 2.26. The molecule has 1 saturated heterocycles. The molecule has 0 bridgehead atoms. The zero-order valence-corrected chi connectivity index (χ0v) is 16.3. The van der Waals surface area contributed by atoms with E-state index in [1.54, 1.807) is 30.2 Å². The molecular formula is C21H21ClN4O2. The lowest BCUT2D eigenvalue weighted by molar-refractivity contribution is 0.0528. The molecule has 144 valence electrons. The molecule has 4 rings (SSSR count). The minimum absolute atomic E-state index is 0.0358. The van der Waals surface area contributed by atoms with E-state index < -0.39 is 0 Å². The summed E-state index contributed by atoms with van der Waals surface area (Å²) in [5, 5.41) is 4.99. The van der Waals surface area contributed by atoms with Crippen molar-refractivity contribution in [2.24, 2.45) is 7.05 Å². The van der Waals surface area contributed by atoms with E-state index in [-0.39, 0.29) is 12.0 Å². The normalized spacial score (nSPS) is 16.8. The highest BCUT2D eigenvalue weighted by Gasteiger charge is 2.28. The van der Waals surface area contributed by atoms with Gasteiger partial charge in [0.2, 0.25) is 0 Å². The van der Waals surface area contributed by atoms with Crippen molar-refractivity contribution in [1.82, 2.24) is 19.7 Å². The molecule has 0 spiro atoms. The van der Waals surface area contributed by atoms with Gasteiger partial charge in [-0.05, 0) is 18.9 Å². The van der Waals surface area contributed by atoms with Crippen LogP contribution in [0.25, 0.3) is 11.3 Å². The average molecular weight is 397 g/mol. The second kappa shape index (κ2) is 8.02. The number of halogens is 1. The zero-order chi connectivity index (χ0) is 19.5. The van der Waals surface area contributed by atoms with Crippen molar-refractivity contribution in [3.05, 3.63) is 65.6 Å². The van der Waals surface area contributed by atoms with Crippen molar-refractivity contribution in [2.75, 3.05) is 13.1 Å². The Kier molecular flexibility index (Phi) is 5.30. The SMILES string of the molecule is Cn1nc(-c2ccccc2)cc1C(=O)N1CCCC(Oc2ccncc2Cl)C1. The maximum atomic E-state index is 13.1. The van der Waals surface area contributed by atoms with Gasteiger partial charge < -0.3 is 9.64 Å². The number of pyridine rings is 1. The monoisotopic (exact) mass is 396 g/mol. The smallest absolute Gasteiger partial charge is 0.272 e. The predicted molar refractivity (Wildman–Crippen MR) is 107 cm³/mol. The van der Waals surface area contributed by atoms with Crippen LogP contribution < -0.4 is 4.74 Å². The summed E-state index contributed by atoms with van der Waals surface area (Å²) in [5.74, 6) is 0.564. The summed E-state index contributed by atoms with van der Waals surface area (Å²) in [7, 11) is 1.80. The summed E-state index contributed by atoms with van der Waals surface area (Å²) in [6, 6.07) is 13.4. The van der Waals surface area contributed by atoms with E-state index in [9.17, 15) is 4.79 Å². The van der Waals surface area contributed by atoms with Gasteiger partial charge in [0.25, 0.3) is 5.91 Å². The van der Waals surface area contributed by atoms with Crippen LogP contribution in [0.5, 0.6) is 5.75 Å². The van der Waals surface area contributed by atoms with Crippen molar-refractivity contribution >= 4 is 17.5 Å². The number of aryl methyl sites for hydroxylation is 1. The third-order valence-corrected chi connectivity index (χ3v) is 5.15. The molecule has 1 atom stereocenters. The molecule has 1 unspecified atom stereocenters. The average Bonchev–Trinajstić information content (AvgIpc) is 3.12. The van der Waals surface area contributed by atoms with E-state index in [4.69, 9.17) is 16.3 Å². The summed E-state index contributed by atoms with van der Waals surface area (Å²) >= 11 is 6.14. The number of amides is 1. The van der Waals surface area contributed by atoms with Gasteiger partial charge in [-0.2, -0.15) is 5.10 Å². The number of carbonyl (C=O) groups excluding carboxylic acids is 1. The maximum Gasteiger partial charge on any atom is 0.272 e. The number of benzene rings is 1. The Bertz CT molecular complexity index is 974. The molecule has 28 heavy (non-hydrogen) atoms. The fourth-order valence-electron chi connectivity index (χ4n) is 3.44. The van der Waals surface area contributed by atoms with Crippen LogP contribution in [0.2, 0.25) is 5.02 Å². The molecule has 1 aromatic carbocycles. The molecule has 3 heterocycles. The highest BCUT2D eigenvalue weighted by molar-refractivity contribution is 6.31. The predicted octanol–water partition coefficient (Wildman–Crippen LogP) is 3.82. The third kappa shape index (κ3) is 3.87. The van der Waals surface area contributed by atoms with Gasteiger partial charge in [0, 0.05) is 37.6 Å². The van der Waals surface area contributed by atoms with Crippen LogP contribution in [-0.2, 0) is 7.05 Å². The molecule has 1 aliphatic heterocycles. The first-order chi connectivity index (χ1) is 13.6. The van der Waals surface area contributed by atoms with Crippen LogP contribution in [0.1, 0.15) is 23.3 Å². The first kappa shape index (κ1) is 18.5. The van der Waals surface area contributed by atoms with Crippen LogP contribution in [0.4, 0.5) is 0 Å². The number of rotatable bonds is 4. The van der Waals surface area contributed by atoms with Crippen molar-refractivity contribution in [3.63, 3.8) is 0 Å². The molecule has 7 heteroatoms. The minimum atomic E-state index is -0.0978. The topological polar surface area (TPSA) is 60.2 Å². The van der Waals surface area contributed by atoms with Gasteiger partial charge in [-0.1, -0.05) is 41.9 Å². The summed E-state index contributed by atoms with van der Waals surface area (Å²) < 4.78 is 7.67. The minimum Gasteiger partial charge on any atom is -0.487 e. The molecule has 0 aliphatic carbocycles. The number of ether oxygens (including phenoxy) is 1. The van der Waals surface area contributed by atoms with E-state index in [0.717, 1.165) is 24.1 Å². The van der Waals surface area contributed by atoms with Crippen molar-refractivity contribution in [2.45, 2.75) is 18.9 Å². The summed E-state index contributed by atoms with van der Waals surface area (Å²) in [4.78, 5) is 18.9. The van der Waals surface area contributed by atoms with Gasteiger partial charge in [-0.25, -0.2) is 0 Å². The fourth-order valence-corrected chi connectivity index (χ4v) is 3.60. The van der Waals surface area contributed by atoms with E-state index >= 15 is 0 Å². The quantitative estimate of drug-likeness (QED) is 0.672. The number of aromatic nitrogens is 3. The number of carbonyl (C=O) groups is 1. The summed E-state index contributed by atoms with van der Waals surface area (Å²) in [6.45, 7) is 1.22. The number of piperidine rings is 1. The lowest BCUT2D eigenvalue weighted by atomic mass is 10.1. The van der Waals surface area contributed by atoms with E-state index in [1.807, 2.05) is 41.3 Å². The molecule has 0 radical (unpaired) electrons. The van der Waals surface area contributed by atoms with Gasteiger partial charge in [0.05, 0.1) is 12.2 Å². The van der Waals surface area contributed by atoms with Crippen LogP contribution in [-0.4, -0.2) is 44.8 Å². The Hall–Kier alpha value is -2.86. The first-order valence-electron chi connectivity index (χ1n) is 9.27. The van der Waals surface area contributed by atoms with Crippen molar-refractivity contribution in [1.29, 1.82) is 0 Å². The summed E-state index contributed by atoms with van der Waals surface area (Å²) in [5.41, 5.74) is 2.35. The molecule has 1 amide bonds. The standard InChI is InChI=1S/C21H21ClN4O2/c1-25-19(12-18(24-25)15-6-3-2-4-7-15)21(27)26-11-5-8-16(14-26)28-20-9-10-23-13-17(20)22/h2-4,6-7,9-10,12-13,16H,5,8,11,14H2,1H3. The molecule has 6 nitrogen and oxygen atoms in total. The Morgan fingerprint density at radius 1 is 1.25 bits per heavy atom. The summed E-state index contributed by atoms with van der Waals surface area (Å²) in [6.07, 6.45) is 4.86. The molecular weight excluding hydrogens is 376 g/mol. The number of hydrogen-bond donors (Lipinski definition) is 0. The Morgan fingerprint density at radius 3 is 2.86 bits per heavy atom. The van der Waals surface area contributed by atoms with E-state index in [0.29, 0.717) is 29.6 Å². The zero-order valence-electron chi connectivity index (χ0n) is 15.6. The van der Waals surface area contributed by atoms with Gasteiger partial charge >= 0.3 is 0 Å². The van der Waals surface area contributed by atoms with E-state index in [1.165, 1.54) is 0 Å². The molecule has 1 fully saturated rings. The Labute approximate surface area is 168 Å². The van der Waals surface area contributed by atoms with Crippen LogP contribution in [0.3, 0.4) is 0 Å². The molecule has 1 aliphatic rings. The van der Waals surface area contributed by atoms with Crippen molar-refractivity contribution < 1.29 is 9.53 Å². The van der Waals surface area contributed by atoms with E-state index in [2.05, 4.69) is 10.1 Å². The Morgan fingerprint density at radius 2 is 2.07 bits per heavy atom. The number of nitrogens with zero attached hydrogens (tertiary/aromatic N) is 4. The molecule has 0 N–H and O–H groups in total. The van der Waals surface area contributed by atoms with Gasteiger partial charge in [-0.3, -0.25) is 14.5 Å². The van der Waals surface area contributed by atoms with Crippen molar-refractivity contribution in [3.8, 4) is 17.0 Å². The van der Waals surface area contributed by atoms with Gasteiger partial charge in [0.1, 0.15) is 22.6 Å². The fraction of sp³-hybridized carbons (Fsp3) is 0.286. The Balaban J connectivity index is 1.49. The van der Waals surface area contributed by atoms with Crippen LogP contribution in [0.15, 0.2) is 54.9 Å². The highest BCUT2D eigenvalue weighted by atomic mass is 35.5. The van der Waals surface area contributed by atoms with Crippen LogP contribution >= 0.6 is 11.6 Å². The van der Waals surface area contributed by atoms with Gasteiger partial charge in [-0.15, -0.1) is 0 Å².